The summed E-state index contributed by atoms with van der Waals surface area (Å²) in [7, 11) is 0. The van der Waals surface area contributed by atoms with Gasteiger partial charge in [-0.2, -0.15) is 5.10 Å². The van der Waals surface area contributed by atoms with Crippen molar-refractivity contribution in [3.63, 3.8) is 0 Å². The number of carbonyl (C=O) groups excluding carboxylic acids is 1. The highest BCUT2D eigenvalue weighted by molar-refractivity contribution is 5.94. The van der Waals surface area contributed by atoms with Crippen molar-refractivity contribution in [3.05, 3.63) is 47.6 Å². The lowest BCUT2D eigenvalue weighted by Gasteiger charge is -2.07. The molecule has 0 saturated heterocycles. The number of rotatable bonds is 6. The van der Waals surface area contributed by atoms with E-state index >= 15 is 0 Å². The molecular weight excluding hydrogens is 310 g/mol. The van der Waals surface area contributed by atoms with Gasteiger partial charge in [-0.15, -0.1) is 10.2 Å². The molecule has 3 rings (SSSR count). The summed E-state index contributed by atoms with van der Waals surface area (Å²) in [4.78, 5) is 11.9. The van der Waals surface area contributed by atoms with Gasteiger partial charge in [0.1, 0.15) is 17.1 Å². The van der Waals surface area contributed by atoms with Crippen LogP contribution in [0.5, 0.6) is 0 Å². The first-order valence-corrected chi connectivity index (χ1v) is 7.43. The lowest BCUT2D eigenvalue weighted by molar-refractivity contribution is 0.0953. The highest BCUT2D eigenvalue weighted by atomic mass is 16.5. The molecule has 0 aromatic carbocycles. The van der Waals surface area contributed by atoms with Crippen molar-refractivity contribution in [2.24, 2.45) is 0 Å². The molecule has 9 heteroatoms. The Bertz CT molecular complexity index is 822. The molecule has 0 aliphatic rings. The van der Waals surface area contributed by atoms with E-state index in [2.05, 4.69) is 31.1 Å². The smallest absolute Gasteiger partial charge is 0.256 e. The third-order valence-corrected chi connectivity index (χ3v) is 3.32. The van der Waals surface area contributed by atoms with E-state index in [9.17, 15) is 4.79 Å². The molecule has 0 aliphatic heterocycles. The third-order valence-electron chi connectivity index (χ3n) is 3.32. The lowest BCUT2D eigenvalue weighted by Crippen LogP contribution is -2.29. The van der Waals surface area contributed by atoms with Crippen LogP contribution in [0.1, 0.15) is 21.8 Å². The summed E-state index contributed by atoms with van der Waals surface area (Å²) in [6.45, 7) is 4.56. The van der Waals surface area contributed by atoms with Gasteiger partial charge in [-0.1, -0.05) is 5.16 Å². The zero-order valence-corrected chi connectivity index (χ0v) is 13.4. The SMILES string of the molecule is Cc1ccn(-c2ccc(NCCNC(=O)c3cnoc3C)nn2)n1. The topological polar surface area (TPSA) is 111 Å². The minimum atomic E-state index is -0.217. The van der Waals surface area contributed by atoms with Gasteiger partial charge in [-0.05, 0) is 32.0 Å². The molecule has 0 bridgehead atoms. The first-order valence-electron chi connectivity index (χ1n) is 7.43. The van der Waals surface area contributed by atoms with Gasteiger partial charge in [-0.3, -0.25) is 4.79 Å². The van der Waals surface area contributed by atoms with Gasteiger partial charge < -0.3 is 15.2 Å². The highest BCUT2D eigenvalue weighted by Gasteiger charge is 2.11. The number of anilines is 1. The summed E-state index contributed by atoms with van der Waals surface area (Å²) in [5.74, 6) is 1.55. The average molecular weight is 327 g/mol. The molecule has 2 N–H and O–H groups in total. The fourth-order valence-corrected chi connectivity index (χ4v) is 2.06. The van der Waals surface area contributed by atoms with E-state index in [1.54, 1.807) is 11.6 Å². The number of amides is 1. The van der Waals surface area contributed by atoms with Crippen LogP contribution in [0, 0.1) is 13.8 Å². The summed E-state index contributed by atoms with van der Waals surface area (Å²) < 4.78 is 6.52. The molecule has 0 atom stereocenters. The van der Waals surface area contributed by atoms with E-state index in [1.165, 1.54) is 6.20 Å². The molecule has 124 valence electrons. The second-order valence-electron chi connectivity index (χ2n) is 5.16. The number of aromatic nitrogens is 5. The Morgan fingerprint density at radius 2 is 2.08 bits per heavy atom. The van der Waals surface area contributed by atoms with E-state index in [-0.39, 0.29) is 5.91 Å². The molecule has 0 fully saturated rings. The van der Waals surface area contributed by atoms with Crippen LogP contribution in [0.2, 0.25) is 0 Å². The molecule has 3 aromatic heterocycles. The zero-order chi connectivity index (χ0) is 16.9. The standard InChI is InChI=1S/C15H17N7O2/c1-10-5-8-22(21-10)14-4-3-13(19-20-14)16-6-7-17-15(23)12-9-18-24-11(12)2/h3-5,8-9H,6-7H2,1-2H3,(H,16,19)(H,17,23). The number of carbonyl (C=O) groups is 1. The number of nitrogens with one attached hydrogen (secondary N) is 2. The Kier molecular flexibility index (Phi) is 4.50. The number of nitrogens with zero attached hydrogens (tertiary/aromatic N) is 5. The van der Waals surface area contributed by atoms with Crippen molar-refractivity contribution in [3.8, 4) is 5.82 Å². The number of hydrogen-bond acceptors (Lipinski definition) is 7. The van der Waals surface area contributed by atoms with Crippen molar-refractivity contribution in [1.29, 1.82) is 0 Å². The van der Waals surface area contributed by atoms with Crippen molar-refractivity contribution in [2.75, 3.05) is 18.4 Å². The van der Waals surface area contributed by atoms with E-state index in [0.717, 1.165) is 5.69 Å². The van der Waals surface area contributed by atoms with Crippen LogP contribution in [0.4, 0.5) is 5.82 Å². The Morgan fingerprint density at radius 1 is 1.21 bits per heavy atom. The molecule has 1 amide bonds. The monoisotopic (exact) mass is 327 g/mol. The van der Waals surface area contributed by atoms with Gasteiger partial charge in [0.15, 0.2) is 5.82 Å². The number of aryl methyl sites for hydroxylation is 2. The van der Waals surface area contributed by atoms with Crippen LogP contribution in [0.3, 0.4) is 0 Å². The Hall–Kier alpha value is -3.23. The molecule has 0 saturated carbocycles. The van der Waals surface area contributed by atoms with E-state index in [1.807, 2.05) is 31.3 Å². The van der Waals surface area contributed by atoms with Crippen LogP contribution < -0.4 is 10.6 Å². The van der Waals surface area contributed by atoms with Crippen molar-refractivity contribution >= 4 is 11.7 Å². The van der Waals surface area contributed by atoms with E-state index < -0.39 is 0 Å². The van der Waals surface area contributed by atoms with Crippen LogP contribution in [0.25, 0.3) is 5.82 Å². The molecular formula is C15H17N7O2. The lowest BCUT2D eigenvalue weighted by atomic mass is 10.2. The first-order chi connectivity index (χ1) is 11.6. The average Bonchev–Trinajstić information content (AvgIpc) is 3.20. The van der Waals surface area contributed by atoms with E-state index in [4.69, 9.17) is 4.52 Å². The van der Waals surface area contributed by atoms with Gasteiger partial charge in [-0.25, -0.2) is 4.68 Å². The summed E-state index contributed by atoms with van der Waals surface area (Å²) in [5, 5.41) is 21.9. The minimum Gasteiger partial charge on any atom is -0.367 e. The Morgan fingerprint density at radius 3 is 2.71 bits per heavy atom. The maximum absolute atomic E-state index is 11.9. The van der Waals surface area contributed by atoms with Crippen LogP contribution >= 0.6 is 0 Å². The van der Waals surface area contributed by atoms with Gasteiger partial charge in [0, 0.05) is 19.3 Å². The molecule has 3 heterocycles. The molecule has 9 nitrogen and oxygen atoms in total. The van der Waals surface area contributed by atoms with Crippen LogP contribution in [0.15, 0.2) is 35.1 Å². The maximum atomic E-state index is 11.9. The predicted molar refractivity (Wildman–Crippen MR) is 86.0 cm³/mol. The third kappa shape index (κ3) is 3.57. The largest absolute Gasteiger partial charge is 0.367 e. The molecule has 0 radical (unpaired) electrons. The number of hydrogen-bond donors (Lipinski definition) is 2. The molecule has 0 unspecified atom stereocenters. The summed E-state index contributed by atoms with van der Waals surface area (Å²) in [6.07, 6.45) is 3.23. The molecule has 24 heavy (non-hydrogen) atoms. The fourth-order valence-electron chi connectivity index (χ4n) is 2.06. The van der Waals surface area contributed by atoms with Crippen molar-refractivity contribution < 1.29 is 9.32 Å². The molecule has 0 spiro atoms. The second-order valence-corrected chi connectivity index (χ2v) is 5.16. The fraction of sp³-hybridized carbons (Fsp3) is 0.267. The summed E-state index contributed by atoms with van der Waals surface area (Å²) >= 11 is 0. The summed E-state index contributed by atoms with van der Waals surface area (Å²) in [6, 6.07) is 5.53. The van der Waals surface area contributed by atoms with Gasteiger partial charge in [0.2, 0.25) is 0 Å². The zero-order valence-electron chi connectivity index (χ0n) is 13.4. The normalized spacial score (nSPS) is 10.6. The molecule has 0 aliphatic carbocycles. The van der Waals surface area contributed by atoms with E-state index in [0.29, 0.717) is 36.0 Å². The van der Waals surface area contributed by atoms with Crippen LogP contribution in [-0.2, 0) is 0 Å². The minimum absolute atomic E-state index is 0.217. The Balaban J connectivity index is 1.47. The predicted octanol–water partition coefficient (Wildman–Crippen LogP) is 1.11. The summed E-state index contributed by atoms with van der Waals surface area (Å²) in [5.41, 5.74) is 1.35. The van der Waals surface area contributed by atoms with Crippen LogP contribution in [-0.4, -0.2) is 44.1 Å². The highest BCUT2D eigenvalue weighted by Crippen LogP contribution is 2.07. The molecule has 3 aromatic rings. The quantitative estimate of drug-likeness (QED) is 0.652. The second kappa shape index (κ2) is 6.90. The van der Waals surface area contributed by atoms with Gasteiger partial charge in [0.25, 0.3) is 5.91 Å². The first kappa shape index (κ1) is 15.7. The van der Waals surface area contributed by atoms with Gasteiger partial charge >= 0.3 is 0 Å². The van der Waals surface area contributed by atoms with Crippen molar-refractivity contribution in [1.82, 2.24) is 30.5 Å². The Labute approximate surface area is 138 Å². The van der Waals surface area contributed by atoms with Crippen molar-refractivity contribution in [2.45, 2.75) is 13.8 Å². The maximum Gasteiger partial charge on any atom is 0.256 e. The van der Waals surface area contributed by atoms with Gasteiger partial charge in [0.05, 0.1) is 11.9 Å².